The van der Waals surface area contributed by atoms with Crippen molar-refractivity contribution in [3.05, 3.63) is 53.1 Å². The molecule has 2 fully saturated rings. The van der Waals surface area contributed by atoms with E-state index >= 15 is 0 Å². The van der Waals surface area contributed by atoms with E-state index in [2.05, 4.69) is 26.0 Å². The van der Waals surface area contributed by atoms with Crippen LogP contribution in [0.25, 0.3) is 0 Å². The number of allylic oxidation sites excluding steroid dienone is 4. The van der Waals surface area contributed by atoms with Gasteiger partial charge in [-0.25, -0.2) is 4.90 Å². The van der Waals surface area contributed by atoms with Crippen molar-refractivity contribution >= 4 is 17.5 Å². The molecular weight excluding hydrogens is 288 g/mol. The number of fused-ring (bicyclic) bond motifs is 5. The minimum absolute atomic E-state index is 0.0647. The summed E-state index contributed by atoms with van der Waals surface area (Å²) in [6.07, 6.45) is 4.17. The minimum atomic E-state index is -0.266. The van der Waals surface area contributed by atoms with E-state index in [9.17, 15) is 9.59 Å². The number of imide groups is 1. The first-order valence-electron chi connectivity index (χ1n) is 7.78. The Bertz CT molecular complexity index is 788. The summed E-state index contributed by atoms with van der Waals surface area (Å²) >= 11 is 0. The van der Waals surface area contributed by atoms with Gasteiger partial charge in [-0.15, -0.1) is 0 Å². The summed E-state index contributed by atoms with van der Waals surface area (Å²) < 4.78 is 0. The van der Waals surface area contributed by atoms with Crippen molar-refractivity contribution in [1.29, 1.82) is 5.26 Å². The molecule has 4 rings (SSSR count). The number of carbonyl (C=O) groups is 2. The number of hydrogen-bond acceptors (Lipinski definition) is 3. The van der Waals surface area contributed by atoms with Crippen LogP contribution in [0.2, 0.25) is 0 Å². The maximum Gasteiger partial charge on any atom is 0.238 e. The molecule has 4 nitrogen and oxygen atoms in total. The molecule has 0 spiro atoms. The van der Waals surface area contributed by atoms with Crippen LogP contribution >= 0.6 is 0 Å². The van der Waals surface area contributed by atoms with Crippen molar-refractivity contribution in [3.63, 3.8) is 0 Å². The van der Waals surface area contributed by atoms with E-state index in [0.717, 1.165) is 0 Å². The molecule has 0 unspecified atom stereocenters. The molecule has 4 heteroatoms. The number of rotatable bonds is 1. The fraction of sp³-hybridized carbons (Fsp3) is 0.316. The lowest BCUT2D eigenvalue weighted by Gasteiger charge is -2.19. The number of nitrogens with zero attached hydrogens (tertiary/aromatic N) is 2. The molecule has 114 valence electrons. The second kappa shape index (κ2) is 4.66. The SMILES string of the molecule is CC(C)=C1[C@@H]2C=C[C@@H]1[C@@H]1C(=O)N(c3ccc(C#N)cc3)C(=O)[C@H]12. The zero-order valence-corrected chi connectivity index (χ0v) is 13.0. The summed E-state index contributed by atoms with van der Waals surface area (Å²) in [5.41, 5.74) is 3.54. The van der Waals surface area contributed by atoms with Crippen molar-refractivity contribution in [2.75, 3.05) is 4.90 Å². The zero-order valence-electron chi connectivity index (χ0n) is 13.0. The standard InChI is InChI=1S/C19H16N2O2/c1-10(2)15-13-7-8-14(15)17-16(13)18(22)21(19(17)23)12-5-3-11(9-20)4-6-12/h3-8,13-14,16-17H,1-2H3/t13-,14-,16-,17-/m0/s1. The lowest BCUT2D eigenvalue weighted by Crippen LogP contribution is -2.33. The Morgan fingerprint density at radius 3 is 1.96 bits per heavy atom. The second-order valence-electron chi connectivity index (χ2n) is 6.61. The van der Waals surface area contributed by atoms with Gasteiger partial charge in [-0.3, -0.25) is 9.59 Å². The summed E-state index contributed by atoms with van der Waals surface area (Å²) in [4.78, 5) is 27.1. The van der Waals surface area contributed by atoms with E-state index in [4.69, 9.17) is 5.26 Å². The molecule has 3 aliphatic rings. The van der Waals surface area contributed by atoms with Crippen LogP contribution in [0.4, 0.5) is 5.69 Å². The van der Waals surface area contributed by atoms with Gasteiger partial charge >= 0.3 is 0 Å². The van der Waals surface area contributed by atoms with Crippen molar-refractivity contribution in [2.45, 2.75) is 13.8 Å². The molecule has 0 N–H and O–H groups in total. The smallest absolute Gasteiger partial charge is 0.238 e. The Balaban J connectivity index is 1.74. The van der Waals surface area contributed by atoms with Crippen LogP contribution in [0.5, 0.6) is 0 Å². The minimum Gasteiger partial charge on any atom is -0.274 e. The van der Waals surface area contributed by atoms with E-state index in [-0.39, 0.29) is 35.5 Å². The fourth-order valence-electron chi connectivity index (χ4n) is 4.37. The van der Waals surface area contributed by atoms with E-state index in [1.807, 2.05) is 6.07 Å². The maximum absolute atomic E-state index is 12.9. The molecule has 0 radical (unpaired) electrons. The third-order valence-corrected chi connectivity index (χ3v) is 5.25. The third-order valence-electron chi connectivity index (χ3n) is 5.25. The van der Waals surface area contributed by atoms with Crippen molar-refractivity contribution < 1.29 is 9.59 Å². The summed E-state index contributed by atoms with van der Waals surface area (Å²) in [6, 6.07) is 8.67. The highest BCUT2D eigenvalue weighted by molar-refractivity contribution is 6.23. The van der Waals surface area contributed by atoms with Gasteiger partial charge in [0.15, 0.2) is 0 Å². The van der Waals surface area contributed by atoms with Crippen LogP contribution in [-0.4, -0.2) is 11.8 Å². The lowest BCUT2D eigenvalue weighted by atomic mass is 9.85. The normalized spacial score (nSPS) is 30.8. The molecule has 1 saturated carbocycles. The first kappa shape index (κ1) is 14.0. The quantitative estimate of drug-likeness (QED) is 0.592. The van der Waals surface area contributed by atoms with E-state index < -0.39 is 0 Å². The number of amides is 2. The zero-order chi connectivity index (χ0) is 16.3. The van der Waals surface area contributed by atoms with Crippen molar-refractivity contribution in [3.8, 4) is 6.07 Å². The van der Waals surface area contributed by atoms with Crippen LogP contribution in [0.15, 0.2) is 47.6 Å². The van der Waals surface area contributed by atoms with Gasteiger partial charge in [0.2, 0.25) is 11.8 Å². The Labute approximate surface area is 134 Å². The molecule has 1 heterocycles. The molecule has 1 aliphatic heterocycles. The monoisotopic (exact) mass is 304 g/mol. The summed E-state index contributed by atoms with van der Waals surface area (Å²) in [5.74, 6) is -0.624. The highest BCUT2D eigenvalue weighted by atomic mass is 16.2. The fourth-order valence-corrected chi connectivity index (χ4v) is 4.37. The van der Waals surface area contributed by atoms with E-state index in [0.29, 0.717) is 11.3 Å². The Kier molecular flexibility index (Phi) is 2.83. The van der Waals surface area contributed by atoms with Crippen molar-refractivity contribution in [2.24, 2.45) is 23.7 Å². The van der Waals surface area contributed by atoms with Crippen molar-refractivity contribution in [1.82, 2.24) is 0 Å². The van der Waals surface area contributed by atoms with Gasteiger partial charge in [0.1, 0.15) is 0 Å². The van der Waals surface area contributed by atoms with Gasteiger partial charge in [-0.1, -0.05) is 23.3 Å². The molecule has 2 amide bonds. The molecule has 1 saturated heterocycles. The highest BCUT2D eigenvalue weighted by Gasteiger charge is 2.61. The van der Waals surface area contributed by atoms with Crippen LogP contribution in [0, 0.1) is 35.0 Å². The lowest BCUT2D eigenvalue weighted by molar-refractivity contribution is -0.122. The number of hydrogen-bond donors (Lipinski definition) is 0. The summed E-state index contributed by atoms with van der Waals surface area (Å²) in [5, 5.41) is 8.88. The summed E-state index contributed by atoms with van der Waals surface area (Å²) in [6.45, 7) is 4.10. The Morgan fingerprint density at radius 1 is 1.00 bits per heavy atom. The molecule has 1 aromatic rings. The maximum atomic E-state index is 12.9. The highest BCUT2D eigenvalue weighted by Crippen LogP contribution is 2.57. The van der Waals surface area contributed by atoms with Gasteiger partial charge < -0.3 is 0 Å². The van der Waals surface area contributed by atoms with E-state index in [1.54, 1.807) is 24.3 Å². The van der Waals surface area contributed by atoms with Gasteiger partial charge in [0.25, 0.3) is 0 Å². The van der Waals surface area contributed by atoms with Gasteiger partial charge in [0.05, 0.1) is 29.2 Å². The van der Waals surface area contributed by atoms with E-state index in [1.165, 1.54) is 16.0 Å². The summed E-state index contributed by atoms with van der Waals surface area (Å²) in [7, 11) is 0. The molecule has 23 heavy (non-hydrogen) atoms. The molecular formula is C19H16N2O2. The van der Waals surface area contributed by atoms with Crippen LogP contribution in [0.1, 0.15) is 19.4 Å². The predicted octanol–water partition coefficient (Wildman–Crippen LogP) is 2.82. The molecule has 2 bridgehead atoms. The molecule has 4 atom stereocenters. The topological polar surface area (TPSA) is 61.2 Å². The predicted molar refractivity (Wildman–Crippen MR) is 85.1 cm³/mol. The number of anilines is 1. The Morgan fingerprint density at radius 2 is 1.52 bits per heavy atom. The average Bonchev–Trinajstić information content (AvgIpc) is 3.18. The first-order chi connectivity index (χ1) is 11.0. The van der Waals surface area contributed by atoms with Crippen LogP contribution in [0.3, 0.4) is 0 Å². The van der Waals surface area contributed by atoms with Gasteiger partial charge in [-0.05, 0) is 38.1 Å². The molecule has 2 aliphatic carbocycles. The first-order valence-corrected chi connectivity index (χ1v) is 7.78. The van der Waals surface area contributed by atoms with Crippen LogP contribution < -0.4 is 4.90 Å². The van der Waals surface area contributed by atoms with Gasteiger partial charge in [-0.2, -0.15) is 5.26 Å². The molecule has 1 aromatic carbocycles. The average molecular weight is 304 g/mol. The van der Waals surface area contributed by atoms with Crippen LogP contribution in [-0.2, 0) is 9.59 Å². The van der Waals surface area contributed by atoms with Gasteiger partial charge in [0, 0.05) is 11.8 Å². The second-order valence-corrected chi connectivity index (χ2v) is 6.61. The third kappa shape index (κ3) is 1.71. The largest absolute Gasteiger partial charge is 0.274 e. The number of benzene rings is 1. The Hall–Kier alpha value is -2.67. The number of nitriles is 1. The number of carbonyl (C=O) groups excluding carboxylic acids is 2. The molecule has 0 aromatic heterocycles.